The fourth-order valence-corrected chi connectivity index (χ4v) is 1.68. The maximum Gasteiger partial charge on any atom is 0.129 e. The molecule has 0 amide bonds. The SMILES string of the molecule is CC(CO)N(C)c1ccc2cc(N)ccc2n1. The molecule has 1 atom stereocenters. The van der Waals surface area contributed by atoms with Gasteiger partial charge in [0.25, 0.3) is 0 Å². The first-order chi connectivity index (χ1) is 8.11. The average Bonchev–Trinajstić information content (AvgIpc) is 2.36. The van der Waals surface area contributed by atoms with Gasteiger partial charge >= 0.3 is 0 Å². The molecule has 0 bridgehead atoms. The Balaban J connectivity index is 2.41. The van der Waals surface area contributed by atoms with Gasteiger partial charge in [-0.2, -0.15) is 0 Å². The van der Waals surface area contributed by atoms with Gasteiger partial charge in [-0.15, -0.1) is 0 Å². The fraction of sp³-hybridized carbons (Fsp3) is 0.308. The van der Waals surface area contributed by atoms with Gasteiger partial charge in [0.1, 0.15) is 5.82 Å². The first kappa shape index (κ1) is 11.7. The fourth-order valence-electron chi connectivity index (χ4n) is 1.68. The molecule has 0 fully saturated rings. The normalized spacial score (nSPS) is 12.6. The van der Waals surface area contributed by atoms with E-state index in [-0.39, 0.29) is 12.6 Å². The van der Waals surface area contributed by atoms with Crippen LogP contribution in [0.1, 0.15) is 6.92 Å². The number of nitrogen functional groups attached to an aromatic ring is 1. The van der Waals surface area contributed by atoms with Gasteiger partial charge in [-0.25, -0.2) is 4.98 Å². The van der Waals surface area contributed by atoms with Gasteiger partial charge in [0.2, 0.25) is 0 Å². The lowest BCUT2D eigenvalue weighted by molar-refractivity contribution is 0.270. The maximum absolute atomic E-state index is 9.13. The van der Waals surface area contributed by atoms with Gasteiger partial charge in [0, 0.05) is 18.1 Å². The summed E-state index contributed by atoms with van der Waals surface area (Å²) in [7, 11) is 1.92. The van der Waals surface area contributed by atoms with Crippen molar-refractivity contribution in [3.8, 4) is 0 Å². The Morgan fingerprint density at radius 3 is 2.82 bits per heavy atom. The van der Waals surface area contributed by atoms with Gasteiger partial charge in [-0.1, -0.05) is 0 Å². The van der Waals surface area contributed by atoms with Crippen molar-refractivity contribution in [2.75, 3.05) is 24.3 Å². The number of likely N-dealkylation sites (N-methyl/N-ethyl adjacent to an activating group) is 1. The minimum Gasteiger partial charge on any atom is -0.399 e. The quantitative estimate of drug-likeness (QED) is 0.788. The smallest absolute Gasteiger partial charge is 0.129 e. The summed E-state index contributed by atoms with van der Waals surface area (Å²) in [5.74, 6) is 0.851. The highest BCUT2D eigenvalue weighted by atomic mass is 16.3. The maximum atomic E-state index is 9.13. The summed E-state index contributed by atoms with van der Waals surface area (Å²) in [5.41, 5.74) is 7.37. The summed E-state index contributed by atoms with van der Waals surface area (Å²) in [6.07, 6.45) is 0. The molecule has 0 saturated heterocycles. The largest absolute Gasteiger partial charge is 0.399 e. The third kappa shape index (κ3) is 2.31. The standard InChI is InChI=1S/C13H17N3O/c1-9(8-17)16(2)13-6-3-10-7-11(14)4-5-12(10)15-13/h3-7,9,17H,8,14H2,1-2H3. The molecule has 2 rings (SSSR count). The number of aliphatic hydroxyl groups is 1. The molecular weight excluding hydrogens is 214 g/mol. The van der Waals surface area contributed by atoms with E-state index < -0.39 is 0 Å². The zero-order valence-corrected chi connectivity index (χ0v) is 10.1. The van der Waals surface area contributed by atoms with Crippen LogP contribution in [-0.4, -0.2) is 29.8 Å². The van der Waals surface area contributed by atoms with Crippen LogP contribution in [0.5, 0.6) is 0 Å². The van der Waals surface area contributed by atoms with Crippen molar-refractivity contribution in [3.05, 3.63) is 30.3 Å². The number of pyridine rings is 1. The Kier molecular flexibility index (Phi) is 3.15. The Bertz CT molecular complexity index is 527. The molecule has 0 spiro atoms. The Morgan fingerprint density at radius 1 is 1.35 bits per heavy atom. The molecule has 90 valence electrons. The zero-order valence-electron chi connectivity index (χ0n) is 10.1. The number of fused-ring (bicyclic) bond motifs is 1. The second-order valence-electron chi connectivity index (χ2n) is 4.26. The Morgan fingerprint density at radius 2 is 2.12 bits per heavy atom. The number of rotatable bonds is 3. The lowest BCUT2D eigenvalue weighted by atomic mass is 10.2. The molecule has 3 N–H and O–H groups in total. The van der Waals surface area contributed by atoms with Crippen LogP contribution in [0.15, 0.2) is 30.3 Å². The van der Waals surface area contributed by atoms with Crippen LogP contribution in [-0.2, 0) is 0 Å². The number of aromatic nitrogens is 1. The molecule has 17 heavy (non-hydrogen) atoms. The summed E-state index contributed by atoms with van der Waals surface area (Å²) in [6, 6.07) is 9.64. The molecule has 1 unspecified atom stereocenters. The number of aliphatic hydroxyl groups excluding tert-OH is 1. The summed E-state index contributed by atoms with van der Waals surface area (Å²) in [6.45, 7) is 2.06. The number of hydrogen-bond donors (Lipinski definition) is 2. The molecule has 2 aromatic rings. The van der Waals surface area contributed by atoms with E-state index in [9.17, 15) is 0 Å². The lowest BCUT2D eigenvalue weighted by Crippen LogP contribution is -2.32. The summed E-state index contributed by atoms with van der Waals surface area (Å²) < 4.78 is 0. The van der Waals surface area contributed by atoms with Crippen molar-refractivity contribution in [2.45, 2.75) is 13.0 Å². The summed E-state index contributed by atoms with van der Waals surface area (Å²) >= 11 is 0. The highest BCUT2D eigenvalue weighted by Crippen LogP contribution is 2.20. The van der Waals surface area contributed by atoms with E-state index in [1.807, 2.05) is 49.2 Å². The van der Waals surface area contributed by atoms with Crippen LogP contribution in [0.2, 0.25) is 0 Å². The Hall–Kier alpha value is -1.81. The van der Waals surface area contributed by atoms with E-state index in [1.165, 1.54) is 0 Å². The first-order valence-corrected chi connectivity index (χ1v) is 5.62. The third-order valence-electron chi connectivity index (χ3n) is 2.99. The minimum absolute atomic E-state index is 0.0498. The molecule has 4 nitrogen and oxygen atoms in total. The van der Waals surface area contributed by atoms with E-state index in [0.717, 1.165) is 22.4 Å². The van der Waals surface area contributed by atoms with E-state index >= 15 is 0 Å². The van der Waals surface area contributed by atoms with Gasteiger partial charge in [0.05, 0.1) is 18.2 Å². The third-order valence-corrected chi connectivity index (χ3v) is 2.99. The van der Waals surface area contributed by atoms with Crippen LogP contribution in [0.4, 0.5) is 11.5 Å². The molecular formula is C13H17N3O. The molecule has 0 aliphatic carbocycles. The topological polar surface area (TPSA) is 62.4 Å². The highest BCUT2D eigenvalue weighted by molar-refractivity contribution is 5.83. The van der Waals surface area contributed by atoms with Crippen LogP contribution >= 0.6 is 0 Å². The van der Waals surface area contributed by atoms with Crippen molar-refractivity contribution in [1.29, 1.82) is 0 Å². The van der Waals surface area contributed by atoms with E-state index in [2.05, 4.69) is 4.98 Å². The second kappa shape index (κ2) is 4.59. The zero-order chi connectivity index (χ0) is 12.4. The first-order valence-electron chi connectivity index (χ1n) is 5.62. The van der Waals surface area contributed by atoms with Crippen molar-refractivity contribution < 1.29 is 5.11 Å². The number of hydrogen-bond acceptors (Lipinski definition) is 4. The number of benzene rings is 1. The molecule has 0 saturated carbocycles. The van der Waals surface area contributed by atoms with E-state index in [0.29, 0.717) is 0 Å². The highest BCUT2D eigenvalue weighted by Gasteiger charge is 2.10. The lowest BCUT2D eigenvalue weighted by Gasteiger charge is -2.24. The van der Waals surface area contributed by atoms with Crippen molar-refractivity contribution in [1.82, 2.24) is 4.98 Å². The van der Waals surface area contributed by atoms with Gasteiger partial charge in [-0.3, -0.25) is 0 Å². The van der Waals surface area contributed by atoms with Crippen LogP contribution < -0.4 is 10.6 Å². The molecule has 1 heterocycles. The van der Waals surface area contributed by atoms with E-state index in [4.69, 9.17) is 10.8 Å². The number of anilines is 2. The average molecular weight is 231 g/mol. The molecule has 4 heteroatoms. The van der Waals surface area contributed by atoms with Crippen LogP contribution in [0.25, 0.3) is 10.9 Å². The molecule has 1 aromatic carbocycles. The number of nitrogens with zero attached hydrogens (tertiary/aromatic N) is 2. The van der Waals surface area contributed by atoms with E-state index in [1.54, 1.807) is 0 Å². The van der Waals surface area contributed by atoms with Crippen molar-refractivity contribution in [2.24, 2.45) is 0 Å². The second-order valence-corrected chi connectivity index (χ2v) is 4.26. The predicted octanol–water partition coefficient (Wildman–Crippen LogP) is 1.63. The van der Waals surface area contributed by atoms with Gasteiger partial charge in [-0.05, 0) is 37.3 Å². The van der Waals surface area contributed by atoms with Gasteiger partial charge in [0.15, 0.2) is 0 Å². The summed E-state index contributed by atoms with van der Waals surface area (Å²) in [5, 5.41) is 10.2. The van der Waals surface area contributed by atoms with Crippen molar-refractivity contribution in [3.63, 3.8) is 0 Å². The van der Waals surface area contributed by atoms with Crippen LogP contribution in [0.3, 0.4) is 0 Å². The molecule has 0 aliphatic heterocycles. The van der Waals surface area contributed by atoms with Gasteiger partial charge < -0.3 is 15.7 Å². The summed E-state index contributed by atoms with van der Waals surface area (Å²) in [4.78, 5) is 6.50. The number of nitrogens with two attached hydrogens (primary N) is 1. The monoisotopic (exact) mass is 231 g/mol. The molecule has 0 aliphatic rings. The van der Waals surface area contributed by atoms with Crippen LogP contribution in [0, 0.1) is 0 Å². The molecule has 1 aromatic heterocycles. The van der Waals surface area contributed by atoms with Crippen molar-refractivity contribution >= 4 is 22.4 Å². The minimum atomic E-state index is 0.0498. The molecule has 0 radical (unpaired) electrons. The Labute approximate surface area is 101 Å². The predicted molar refractivity (Wildman–Crippen MR) is 71.1 cm³/mol.